The number of fused-ring (bicyclic) bond motifs is 5. The van der Waals surface area contributed by atoms with Gasteiger partial charge in [0, 0.05) is 34.4 Å². The summed E-state index contributed by atoms with van der Waals surface area (Å²) in [5.74, 6) is -3.35. The molecule has 1 aromatic heterocycles. The van der Waals surface area contributed by atoms with E-state index in [-0.39, 0.29) is 18.4 Å². The maximum Gasteiger partial charge on any atom is 0.338 e. The van der Waals surface area contributed by atoms with E-state index in [0.717, 1.165) is 27.6 Å². The number of nitrogens with zero attached hydrogens (tertiary/aromatic N) is 1. The Balaban J connectivity index is 1.34. The van der Waals surface area contributed by atoms with Crippen molar-refractivity contribution in [1.29, 1.82) is 0 Å². The van der Waals surface area contributed by atoms with E-state index in [2.05, 4.69) is 15.6 Å². The van der Waals surface area contributed by atoms with Crippen molar-refractivity contribution in [2.24, 2.45) is 11.8 Å². The molecule has 3 aromatic carbocycles. The topological polar surface area (TPSA) is 121 Å². The second kappa shape index (κ2) is 9.39. The number of ether oxygens (including phenoxy) is 1. The van der Waals surface area contributed by atoms with E-state index in [0.29, 0.717) is 28.9 Å². The van der Waals surface area contributed by atoms with Crippen molar-refractivity contribution in [2.45, 2.75) is 38.8 Å². The van der Waals surface area contributed by atoms with Crippen LogP contribution in [0.4, 0.5) is 11.4 Å². The lowest BCUT2D eigenvalue weighted by molar-refractivity contribution is -0.130. The molecule has 3 N–H and O–H groups in total. The number of nitrogens with one attached hydrogen (secondary N) is 3. The molecule has 0 bridgehead atoms. The summed E-state index contributed by atoms with van der Waals surface area (Å²) in [6, 6.07) is 17.5. The average Bonchev–Trinajstić information content (AvgIpc) is 3.70. The number of esters is 1. The van der Waals surface area contributed by atoms with Gasteiger partial charge in [-0.15, -0.1) is 0 Å². The SMILES string of the molecule is CCOC(=O)c1ccc(N2C(=O)[C@@H]3[C@H](Cc4c[nH]c5ccccc45)N[C@]4(C(=O)Nc5c4ccc(C)c5C)[C@@H]3C2=O)cc1. The minimum atomic E-state index is -1.40. The fraction of sp³-hybridized carbons (Fsp3) is 0.273. The Labute approximate surface area is 242 Å². The zero-order valence-corrected chi connectivity index (χ0v) is 23.5. The van der Waals surface area contributed by atoms with E-state index < -0.39 is 35.3 Å². The third-order valence-corrected chi connectivity index (χ3v) is 9.17. The maximum atomic E-state index is 14.3. The highest BCUT2D eigenvalue weighted by Crippen LogP contribution is 2.54. The molecule has 1 spiro atoms. The van der Waals surface area contributed by atoms with Gasteiger partial charge < -0.3 is 15.0 Å². The van der Waals surface area contributed by atoms with Crippen molar-refractivity contribution in [2.75, 3.05) is 16.8 Å². The van der Waals surface area contributed by atoms with Gasteiger partial charge in [-0.05, 0) is 74.2 Å². The number of benzene rings is 3. The Kier molecular flexibility index (Phi) is 5.85. The molecule has 9 heteroatoms. The lowest BCUT2D eigenvalue weighted by Gasteiger charge is -2.29. The molecule has 3 aliphatic rings. The number of amides is 3. The van der Waals surface area contributed by atoms with Crippen LogP contribution in [0.2, 0.25) is 0 Å². The van der Waals surface area contributed by atoms with Gasteiger partial charge in [0.1, 0.15) is 5.54 Å². The third-order valence-electron chi connectivity index (χ3n) is 9.17. The molecule has 0 radical (unpaired) electrons. The third kappa shape index (κ3) is 3.53. The van der Waals surface area contributed by atoms with Crippen LogP contribution in [0, 0.1) is 25.7 Å². The first-order valence-electron chi connectivity index (χ1n) is 14.2. The van der Waals surface area contributed by atoms with Crippen molar-refractivity contribution < 1.29 is 23.9 Å². The number of hydrogen-bond donors (Lipinski definition) is 3. The molecular weight excluding hydrogens is 532 g/mol. The van der Waals surface area contributed by atoms with Crippen LogP contribution in [0.1, 0.15) is 39.5 Å². The van der Waals surface area contributed by atoms with Gasteiger partial charge in [-0.3, -0.25) is 19.7 Å². The lowest BCUT2D eigenvalue weighted by Crippen LogP contribution is -2.53. The fourth-order valence-corrected chi connectivity index (χ4v) is 7.05. The number of aryl methyl sites for hydroxylation is 1. The molecular formula is C33H30N4O5. The van der Waals surface area contributed by atoms with E-state index in [1.165, 1.54) is 4.90 Å². The minimum Gasteiger partial charge on any atom is -0.462 e. The molecule has 9 nitrogen and oxygen atoms in total. The molecule has 2 fully saturated rings. The molecule has 212 valence electrons. The number of imide groups is 1. The Hall–Kier alpha value is -4.76. The fourth-order valence-electron chi connectivity index (χ4n) is 7.05. The summed E-state index contributed by atoms with van der Waals surface area (Å²) in [6.45, 7) is 5.89. The van der Waals surface area contributed by atoms with E-state index in [1.807, 2.05) is 56.4 Å². The lowest BCUT2D eigenvalue weighted by atomic mass is 9.75. The number of hydrogen-bond acceptors (Lipinski definition) is 6. The molecule has 4 heterocycles. The van der Waals surface area contributed by atoms with Crippen LogP contribution in [-0.2, 0) is 31.1 Å². The first-order valence-corrected chi connectivity index (χ1v) is 14.2. The summed E-state index contributed by atoms with van der Waals surface area (Å²) in [5, 5.41) is 7.61. The first kappa shape index (κ1) is 26.2. The van der Waals surface area contributed by atoms with Gasteiger partial charge in [-0.2, -0.15) is 0 Å². The van der Waals surface area contributed by atoms with Gasteiger partial charge in [0.05, 0.1) is 29.7 Å². The molecule has 0 saturated carbocycles. The van der Waals surface area contributed by atoms with Crippen molar-refractivity contribution in [3.8, 4) is 0 Å². The predicted molar refractivity (Wildman–Crippen MR) is 157 cm³/mol. The standard InChI is InChI=1S/C33H30N4O5/c1-4-42-31(40)19-10-12-21(13-11-19)37-29(38)26-25(15-20-16-34-24-8-6-5-7-22(20)24)36-33(27(26)30(37)39)23-14-9-17(2)18(3)28(23)35-32(33)41/h5-14,16,25-27,34,36H,4,15H2,1-3H3,(H,35,41)/t25-,26+,27-,33-/m0/s1. The Morgan fingerprint density at radius 2 is 1.74 bits per heavy atom. The van der Waals surface area contributed by atoms with E-state index in [1.54, 1.807) is 31.2 Å². The van der Waals surface area contributed by atoms with Gasteiger partial charge in [0.25, 0.3) is 0 Å². The summed E-state index contributed by atoms with van der Waals surface area (Å²) in [5.41, 5.74) is 4.58. The van der Waals surface area contributed by atoms with Crippen LogP contribution in [0.15, 0.2) is 66.9 Å². The van der Waals surface area contributed by atoms with Crippen LogP contribution < -0.4 is 15.5 Å². The normalized spacial score (nSPS) is 24.4. The molecule has 0 unspecified atom stereocenters. The second-order valence-electron chi connectivity index (χ2n) is 11.3. The number of carbonyl (C=O) groups excluding carboxylic acids is 4. The number of aromatic nitrogens is 1. The number of H-pyrrole nitrogens is 1. The summed E-state index contributed by atoms with van der Waals surface area (Å²) in [4.78, 5) is 59.2. The van der Waals surface area contributed by atoms with E-state index in [4.69, 9.17) is 4.74 Å². The highest BCUT2D eigenvalue weighted by molar-refractivity contribution is 6.26. The van der Waals surface area contributed by atoms with Crippen LogP contribution in [0.3, 0.4) is 0 Å². The first-order chi connectivity index (χ1) is 20.3. The van der Waals surface area contributed by atoms with Gasteiger partial charge in [0.2, 0.25) is 17.7 Å². The smallest absolute Gasteiger partial charge is 0.338 e. The van der Waals surface area contributed by atoms with Gasteiger partial charge >= 0.3 is 5.97 Å². The number of carbonyl (C=O) groups is 4. The molecule has 4 aromatic rings. The summed E-state index contributed by atoms with van der Waals surface area (Å²) >= 11 is 0. The minimum absolute atomic E-state index is 0.239. The highest BCUT2D eigenvalue weighted by Gasteiger charge is 2.70. The second-order valence-corrected chi connectivity index (χ2v) is 11.3. The molecule has 3 amide bonds. The average molecular weight is 563 g/mol. The van der Waals surface area contributed by atoms with Crippen molar-refractivity contribution in [3.05, 3.63) is 94.7 Å². The molecule has 2 saturated heterocycles. The zero-order chi connectivity index (χ0) is 29.3. The number of rotatable bonds is 5. The summed E-state index contributed by atoms with van der Waals surface area (Å²) in [6.07, 6.45) is 2.37. The highest BCUT2D eigenvalue weighted by atomic mass is 16.5. The van der Waals surface area contributed by atoms with E-state index in [9.17, 15) is 19.2 Å². The predicted octanol–water partition coefficient (Wildman–Crippen LogP) is 4.13. The monoisotopic (exact) mass is 562 g/mol. The van der Waals surface area contributed by atoms with Crippen molar-refractivity contribution in [1.82, 2.24) is 10.3 Å². The van der Waals surface area contributed by atoms with Gasteiger partial charge in [-0.1, -0.05) is 30.3 Å². The van der Waals surface area contributed by atoms with Crippen molar-refractivity contribution in [3.63, 3.8) is 0 Å². The molecule has 0 aliphatic carbocycles. The molecule has 7 rings (SSSR count). The van der Waals surface area contributed by atoms with Crippen LogP contribution in [0.25, 0.3) is 10.9 Å². The van der Waals surface area contributed by atoms with Crippen LogP contribution in [0.5, 0.6) is 0 Å². The van der Waals surface area contributed by atoms with Crippen LogP contribution in [-0.4, -0.2) is 41.3 Å². The Bertz CT molecular complexity index is 1810. The molecule has 3 aliphatic heterocycles. The maximum absolute atomic E-state index is 14.3. The van der Waals surface area contributed by atoms with Crippen LogP contribution >= 0.6 is 0 Å². The molecule has 42 heavy (non-hydrogen) atoms. The van der Waals surface area contributed by atoms with Gasteiger partial charge in [-0.25, -0.2) is 9.69 Å². The van der Waals surface area contributed by atoms with Crippen molar-refractivity contribution >= 4 is 46.0 Å². The number of para-hydroxylation sites is 1. The molecule has 4 atom stereocenters. The Morgan fingerprint density at radius 3 is 2.50 bits per heavy atom. The summed E-state index contributed by atoms with van der Waals surface area (Å²) in [7, 11) is 0. The van der Waals surface area contributed by atoms with Gasteiger partial charge in [0.15, 0.2) is 0 Å². The summed E-state index contributed by atoms with van der Waals surface area (Å²) < 4.78 is 5.08. The number of aromatic amines is 1. The largest absolute Gasteiger partial charge is 0.462 e. The quantitative estimate of drug-likeness (QED) is 0.249. The Morgan fingerprint density at radius 1 is 0.976 bits per heavy atom. The zero-order valence-electron chi connectivity index (χ0n) is 23.5. The van der Waals surface area contributed by atoms with E-state index >= 15 is 0 Å². The number of anilines is 2.